The summed E-state index contributed by atoms with van der Waals surface area (Å²) in [6.07, 6.45) is 0. The molecule has 0 aromatic heterocycles. The molecule has 19 heavy (non-hydrogen) atoms. The Morgan fingerprint density at radius 3 is 2.26 bits per heavy atom. The van der Waals surface area contributed by atoms with Crippen molar-refractivity contribution in [2.45, 2.75) is 6.92 Å². The number of hydrogen-bond acceptors (Lipinski definition) is 4. The molecular formula is C13H18N2O4. The third kappa shape index (κ3) is 4.50. The lowest BCUT2D eigenvalue weighted by atomic mass is 10.2. The van der Waals surface area contributed by atoms with Gasteiger partial charge in [-0.2, -0.15) is 0 Å². The summed E-state index contributed by atoms with van der Waals surface area (Å²) in [5.74, 6) is 0.709. The Morgan fingerprint density at radius 2 is 1.68 bits per heavy atom. The van der Waals surface area contributed by atoms with E-state index >= 15 is 0 Å². The highest BCUT2D eigenvalue weighted by atomic mass is 16.5. The minimum absolute atomic E-state index is 0.125. The molecular weight excluding hydrogens is 248 g/mol. The SMILES string of the molecule is COc1ccc(C(=O)NCCNC(C)=O)cc1OC. The highest BCUT2D eigenvalue weighted by molar-refractivity contribution is 5.94. The molecule has 0 radical (unpaired) electrons. The first-order valence-corrected chi connectivity index (χ1v) is 5.83. The smallest absolute Gasteiger partial charge is 0.251 e. The number of amides is 2. The molecule has 1 aromatic rings. The Bertz CT molecular complexity index is 460. The molecule has 0 atom stereocenters. The number of carbonyl (C=O) groups is 2. The molecule has 6 heteroatoms. The van der Waals surface area contributed by atoms with Gasteiger partial charge in [-0.1, -0.05) is 0 Å². The molecule has 0 saturated heterocycles. The number of rotatable bonds is 6. The molecule has 0 aliphatic rings. The molecule has 2 amide bonds. The predicted molar refractivity (Wildman–Crippen MR) is 70.6 cm³/mol. The molecule has 1 aromatic carbocycles. The molecule has 0 aliphatic heterocycles. The van der Waals surface area contributed by atoms with E-state index in [2.05, 4.69) is 10.6 Å². The van der Waals surface area contributed by atoms with Gasteiger partial charge < -0.3 is 20.1 Å². The summed E-state index contributed by atoms with van der Waals surface area (Å²) in [6, 6.07) is 4.92. The number of hydrogen-bond donors (Lipinski definition) is 2. The van der Waals surface area contributed by atoms with Crippen LogP contribution < -0.4 is 20.1 Å². The Kier molecular flexibility index (Phi) is 5.66. The van der Waals surface area contributed by atoms with E-state index in [9.17, 15) is 9.59 Å². The summed E-state index contributed by atoms with van der Waals surface area (Å²) < 4.78 is 10.2. The zero-order valence-electron chi connectivity index (χ0n) is 11.3. The Hall–Kier alpha value is -2.24. The van der Waals surface area contributed by atoms with Crippen molar-refractivity contribution in [1.29, 1.82) is 0 Å². The maximum absolute atomic E-state index is 11.8. The van der Waals surface area contributed by atoms with Crippen LogP contribution in [0, 0.1) is 0 Å². The largest absolute Gasteiger partial charge is 0.493 e. The first-order chi connectivity index (χ1) is 9.08. The topological polar surface area (TPSA) is 76.7 Å². The van der Waals surface area contributed by atoms with E-state index in [1.54, 1.807) is 18.2 Å². The number of nitrogens with one attached hydrogen (secondary N) is 2. The fraction of sp³-hybridized carbons (Fsp3) is 0.385. The van der Waals surface area contributed by atoms with E-state index in [0.717, 1.165) is 0 Å². The van der Waals surface area contributed by atoms with E-state index in [1.807, 2.05) is 0 Å². The molecule has 2 N–H and O–H groups in total. The monoisotopic (exact) mass is 266 g/mol. The van der Waals surface area contributed by atoms with Crippen molar-refractivity contribution in [3.63, 3.8) is 0 Å². The van der Waals surface area contributed by atoms with Crippen molar-refractivity contribution in [2.24, 2.45) is 0 Å². The van der Waals surface area contributed by atoms with Gasteiger partial charge in [0.15, 0.2) is 11.5 Å². The molecule has 1 rings (SSSR count). The van der Waals surface area contributed by atoms with Gasteiger partial charge in [-0.05, 0) is 18.2 Å². The van der Waals surface area contributed by atoms with Gasteiger partial charge in [0.25, 0.3) is 5.91 Å². The van der Waals surface area contributed by atoms with Crippen LogP contribution in [0.1, 0.15) is 17.3 Å². The van der Waals surface area contributed by atoms with Crippen LogP contribution in [0.25, 0.3) is 0 Å². The van der Waals surface area contributed by atoms with Crippen molar-refractivity contribution >= 4 is 11.8 Å². The van der Waals surface area contributed by atoms with Crippen LogP contribution in [-0.2, 0) is 4.79 Å². The highest BCUT2D eigenvalue weighted by Crippen LogP contribution is 2.27. The van der Waals surface area contributed by atoms with Crippen molar-refractivity contribution in [1.82, 2.24) is 10.6 Å². The summed E-state index contributed by atoms with van der Waals surface area (Å²) in [5, 5.41) is 5.29. The van der Waals surface area contributed by atoms with E-state index in [4.69, 9.17) is 9.47 Å². The zero-order chi connectivity index (χ0) is 14.3. The van der Waals surface area contributed by atoms with Gasteiger partial charge in [0.1, 0.15) is 0 Å². The van der Waals surface area contributed by atoms with Crippen molar-refractivity contribution in [3.05, 3.63) is 23.8 Å². The van der Waals surface area contributed by atoms with Crippen LogP contribution >= 0.6 is 0 Å². The number of benzene rings is 1. The van der Waals surface area contributed by atoms with Gasteiger partial charge in [0.05, 0.1) is 14.2 Å². The zero-order valence-corrected chi connectivity index (χ0v) is 11.3. The Morgan fingerprint density at radius 1 is 1.05 bits per heavy atom. The second-order valence-corrected chi connectivity index (χ2v) is 3.81. The standard InChI is InChI=1S/C13H18N2O4/c1-9(16)14-6-7-15-13(17)10-4-5-11(18-2)12(8-10)19-3/h4-5,8H,6-7H2,1-3H3,(H,14,16)(H,15,17). The second kappa shape index (κ2) is 7.25. The maximum Gasteiger partial charge on any atom is 0.251 e. The van der Waals surface area contributed by atoms with Gasteiger partial charge in [-0.25, -0.2) is 0 Å². The number of ether oxygens (including phenoxy) is 2. The molecule has 0 spiro atoms. The molecule has 0 saturated carbocycles. The summed E-state index contributed by atoms with van der Waals surface area (Å²) in [4.78, 5) is 22.5. The molecule has 6 nitrogen and oxygen atoms in total. The van der Waals surface area contributed by atoms with Crippen molar-refractivity contribution in [3.8, 4) is 11.5 Å². The molecule has 0 fully saturated rings. The second-order valence-electron chi connectivity index (χ2n) is 3.81. The average Bonchev–Trinajstić information content (AvgIpc) is 2.42. The highest BCUT2D eigenvalue weighted by Gasteiger charge is 2.10. The van der Waals surface area contributed by atoms with Crippen molar-refractivity contribution < 1.29 is 19.1 Å². The van der Waals surface area contributed by atoms with Gasteiger partial charge in [0, 0.05) is 25.6 Å². The fourth-order valence-corrected chi connectivity index (χ4v) is 1.49. The summed E-state index contributed by atoms with van der Waals surface area (Å²) in [6.45, 7) is 2.19. The van der Waals surface area contributed by atoms with Crippen LogP contribution in [0.3, 0.4) is 0 Å². The first-order valence-electron chi connectivity index (χ1n) is 5.83. The molecule has 0 unspecified atom stereocenters. The minimum Gasteiger partial charge on any atom is -0.493 e. The molecule has 0 aliphatic carbocycles. The molecule has 0 heterocycles. The summed E-state index contributed by atoms with van der Waals surface area (Å²) in [5.41, 5.74) is 0.473. The van der Waals surface area contributed by atoms with E-state index in [0.29, 0.717) is 30.2 Å². The van der Waals surface area contributed by atoms with Gasteiger partial charge in [-0.15, -0.1) is 0 Å². The fourth-order valence-electron chi connectivity index (χ4n) is 1.49. The van der Waals surface area contributed by atoms with Crippen LogP contribution in [-0.4, -0.2) is 39.1 Å². The number of carbonyl (C=O) groups excluding carboxylic acids is 2. The Labute approximate surface area is 112 Å². The van der Waals surface area contributed by atoms with Crippen LogP contribution in [0.4, 0.5) is 0 Å². The van der Waals surface area contributed by atoms with Crippen LogP contribution in [0.15, 0.2) is 18.2 Å². The normalized spacial score (nSPS) is 9.63. The first kappa shape index (κ1) is 14.8. The average molecular weight is 266 g/mol. The van der Waals surface area contributed by atoms with E-state index in [1.165, 1.54) is 21.1 Å². The third-order valence-electron chi connectivity index (χ3n) is 2.43. The predicted octanol–water partition coefficient (Wildman–Crippen LogP) is 0.570. The maximum atomic E-state index is 11.8. The third-order valence-corrected chi connectivity index (χ3v) is 2.43. The lowest BCUT2D eigenvalue weighted by Gasteiger charge is -2.10. The van der Waals surface area contributed by atoms with Crippen LogP contribution in [0.5, 0.6) is 11.5 Å². The summed E-state index contributed by atoms with van der Waals surface area (Å²) in [7, 11) is 3.04. The molecule has 104 valence electrons. The lowest BCUT2D eigenvalue weighted by molar-refractivity contribution is -0.118. The van der Waals surface area contributed by atoms with E-state index in [-0.39, 0.29) is 11.8 Å². The van der Waals surface area contributed by atoms with Gasteiger partial charge >= 0.3 is 0 Å². The van der Waals surface area contributed by atoms with Crippen molar-refractivity contribution in [2.75, 3.05) is 27.3 Å². The van der Waals surface area contributed by atoms with Gasteiger partial charge in [-0.3, -0.25) is 9.59 Å². The quantitative estimate of drug-likeness (QED) is 0.738. The summed E-state index contributed by atoms with van der Waals surface area (Å²) >= 11 is 0. The van der Waals surface area contributed by atoms with Crippen LogP contribution in [0.2, 0.25) is 0 Å². The van der Waals surface area contributed by atoms with E-state index < -0.39 is 0 Å². The number of methoxy groups -OCH3 is 2. The Balaban J connectivity index is 2.59. The lowest BCUT2D eigenvalue weighted by Crippen LogP contribution is -2.33. The molecule has 0 bridgehead atoms. The van der Waals surface area contributed by atoms with Gasteiger partial charge in [0.2, 0.25) is 5.91 Å². The minimum atomic E-state index is -0.230.